The molecule has 0 saturated carbocycles. The van der Waals surface area contributed by atoms with E-state index >= 15 is 0 Å². The highest BCUT2D eigenvalue weighted by molar-refractivity contribution is 5.81. The second kappa shape index (κ2) is 5.40. The van der Waals surface area contributed by atoms with E-state index in [9.17, 15) is 4.79 Å². The van der Waals surface area contributed by atoms with Gasteiger partial charge in [0.25, 0.3) is 0 Å². The third kappa shape index (κ3) is 2.79. The van der Waals surface area contributed by atoms with Gasteiger partial charge in [-0.2, -0.15) is 4.98 Å². The minimum atomic E-state index is -0.372. The van der Waals surface area contributed by atoms with Crippen LogP contribution in [0, 0.1) is 6.92 Å². The predicted octanol–water partition coefficient (Wildman–Crippen LogP) is 2.63. The smallest absolute Gasteiger partial charge is 0.336 e. The Bertz CT molecular complexity index is 835. The Morgan fingerprint density at radius 1 is 1.29 bits per heavy atom. The highest BCUT2D eigenvalue weighted by atomic mass is 16.5. The molecule has 0 spiro atoms. The summed E-state index contributed by atoms with van der Waals surface area (Å²) in [7, 11) is 0. The van der Waals surface area contributed by atoms with E-state index in [-0.39, 0.29) is 12.2 Å². The fraction of sp³-hybridized carbons (Fsp3) is 0.267. The van der Waals surface area contributed by atoms with Gasteiger partial charge in [-0.3, -0.25) is 0 Å². The molecule has 0 fully saturated rings. The summed E-state index contributed by atoms with van der Waals surface area (Å²) in [6, 6.07) is 6.83. The highest BCUT2D eigenvalue weighted by Crippen LogP contribution is 2.22. The number of rotatable bonds is 4. The van der Waals surface area contributed by atoms with Gasteiger partial charge in [0.05, 0.1) is 0 Å². The molecule has 0 N–H and O–H groups in total. The van der Waals surface area contributed by atoms with Crippen molar-refractivity contribution in [2.75, 3.05) is 0 Å². The van der Waals surface area contributed by atoms with Crippen molar-refractivity contribution in [3.63, 3.8) is 0 Å². The van der Waals surface area contributed by atoms with Crippen LogP contribution >= 0.6 is 0 Å². The molecule has 1 aromatic carbocycles. The van der Waals surface area contributed by atoms with Crippen LogP contribution in [0.1, 0.15) is 24.2 Å². The second-order valence-corrected chi connectivity index (χ2v) is 4.65. The van der Waals surface area contributed by atoms with E-state index in [0.29, 0.717) is 29.5 Å². The Morgan fingerprint density at radius 3 is 2.90 bits per heavy atom. The fourth-order valence-electron chi connectivity index (χ4n) is 2.04. The summed E-state index contributed by atoms with van der Waals surface area (Å²) >= 11 is 0. The van der Waals surface area contributed by atoms with Crippen LogP contribution in [0.2, 0.25) is 0 Å². The van der Waals surface area contributed by atoms with Crippen LogP contribution in [-0.2, 0) is 13.0 Å². The van der Waals surface area contributed by atoms with Crippen LogP contribution in [0.15, 0.2) is 38.0 Å². The molecular formula is C15H14N2O4. The summed E-state index contributed by atoms with van der Waals surface area (Å²) in [6.07, 6.45) is 0.688. The Hall–Kier alpha value is -2.63. The zero-order valence-electron chi connectivity index (χ0n) is 11.8. The molecule has 0 aliphatic carbocycles. The van der Waals surface area contributed by atoms with E-state index in [1.807, 2.05) is 26.0 Å². The average molecular weight is 286 g/mol. The standard InChI is InChI=1S/C15H14N2O4/c1-3-14-16-13(17-21-14)8-19-10-4-5-11-9(2)6-15(18)20-12(11)7-10/h4-7H,3,8H2,1-2H3. The third-order valence-electron chi connectivity index (χ3n) is 3.10. The highest BCUT2D eigenvalue weighted by Gasteiger charge is 2.07. The van der Waals surface area contributed by atoms with Gasteiger partial charge < -0.3 is 13.7 Å². The first-order valence-corrected chi connectivity index (χ1v) is 6.64. The lowest BCUT2D eigenvalue weighted by Gasteiger charge is -2.05. The van der Waals surface area contributed by atoms with Gasteiger partial charge in [0.2, 0.25) is 11.7 Å². The number of hydrogen-bond acceptors (Lipinski definition) is 6. The molecule has 3 rings (SSSR count). The van der Waals surface area contributed by atoms with Gasteiger partial charge in [-0.05, 0) is 24.6 Å². The minimum Gasteiger partial charge on any atom is -0.485 e. The fourth-order valence-corrected chi connectivity index (χ4v) is 2.04. The molecule has 2 heterocycles. The van der Waals surface area contributed by atoms with Crippen LogP contribution < -0.4 is 10.4 Å². The van der Waals surface area contributed by atoms with Gasteiger partial charge in [-0.25, -0.2) is 4.79 Å². The summed E-state index contributed by atoms with van der Waals surface area (Å²) in [6.45, 7) is 4.00. The van der Waals surface area contributed by atoms with Crippen molar-refractivity contribution in [2.24, 2.45) is 0 Å². The molecule has 0 unspecified atom stereocenters. The zero-order valence-corrected chi connectivity index (χ0v) is 11.8. The van der Waals surface area contributed by atoms with Crippen LogP contribution in [-0.4, -0.2) is 10.1 Å². The third-order valence-corrected chi connectivity index (χ3v) is 3.10. The molecule has 0 bridgehead atoms. The zero-order chi connectivity index (χ0) is 14.8. The van der Waals surface area contributed by atoms with Gasteiger partial charge in [0.15, 0.2) is 6.61 Å². The molecular weight excluding hydrogens is 272 g/mol. The van der Waals surface area contributed by atoms with Gasteiger partial charge in [0.1, 0.15) is 11.3 Å². The average Bonchev–Trinajstić information content (AvgIpc) is 2.92. The maximum absolute atomic E-state index is 11.4. The van der Waals surface area contributed by atoms with E-state index in [4.69, 9.17) is 13.7 Å². The van der Waals surface area contributed by atoms with E-state index in [0.717, 1.165) is 10.9 Å². The molecule has 0 amide bonds. The van der Waals surface area contributed by atoms with E-state index in [1.165, 1.54) is 6.07 Å². The molecule has 21 heavy (non-hydrogen) atoms. The van der Waals surface area contributed by atoms with Gasteiger partial charge >= 0.3 is 5.63 Å². The predicted molar refractivity (Wildman–Crippen MR) is 75.2 cm³/mol. The summed E-state index contributed by atoms with van der Waals surface area (Å²) in [5.41, 5.74) is 1.00. The monoisotopic (exact) mass is 286 g/mol. The molecule has 3 aromatic rings. The van der Waals surface area contributed by atoms with Crippen molar-refractivity contribution >= 4 is 11.0 Å². The van der Waals surface area contributed by atoms with Crippen molar-refractivity contribution in [3.8, 4) is 5.75 Å². The molecule has 6 nitrogen and oxygen atoms in total. The van der Waals surface area contributed by atoms with Crippen molar-refractivity contribution < 1.29 is 13.7 Å². The summed E-state index contributed by atoms with van der Waals surface area (Å²) in [5, 5.41) is 4.69. The lowest BCUT2D eigenvalue weighted by Crippen LogP contribution is -2.00. The van der Waals surface area contributed by atoms with E-state index in [1.54, 1.807) is 6.07 Å². The second-order valence-electron chi connectivity index (χ2n) is 4.65. The Labute approximate surface area is 120 Å². The van der Waals surface area contributed by atoms with Gasteiger partial charge in [-0.15, -0.1) is 0 Å². The van der Waals surface area contributed by atoms with Gasteiger partial charge in [0, 0.05) is 23.9 Å². The van der Waals surface area contributed by atoms with Crippen molar-refractivity contribution in [1.82, 2.24) is 10.1 Å². The summed E-state index contributed by atoms with van der Waals surface area (Å²) in [4.78, 5) is 15.5. The number of aromatic nitrogens is 2. The number of aryl methyl sites for hydroxylation is 2. The molecule has 0 aliphatic heterocycles. The van der Waals surface area contributed by atoms with E-state index < -0.39 is 0 Å². The SMILES string of the molecule is CCc1nc(COc2ccc3c(C)cc(=O)oc3c2)no1. The summed E-state index contributed by atoms with van der Waals surface area (Å²) < 4.78 is 15.8. The molecule has 0 saturated heterocycles. The topological polar surface area (TPSA) is 78.4 Å². The van der Waals surface area contributed by atoms with Crippen molar-refractivity contribution in [1.29, 1.82) is 0 Å². The van der Waals surface area contributed by atoms with Crippen LogP contribution in [0.25, 0.3) is 11.0 Å². The quantitative estimate of drug-likeness (QED) is 0.686. The lowest BCUT2D eigenvalue weighted by atomic mass is 10.1. The Morgan fingerprint density at radius 2 is 2.14 bits per heavy atom. The first kappa shape index (κ1) is 13.4. The molecule has 6 heteroatoms. The number of hydrogen-bond donors (Lipinski definition) is 0. The number of ether oxygens (including phenoxy) is 1. The van der Waals surface area contributed by atoms with Gasteiger partial charge in [-0.1, -0.05) is 12.1 Å². The maximum Gasteiger partial charge on any atom is 0.336 e. The number of fused-ring (bicyclic) bond motifs is 1. The minimum absolute atomic E-state index is 0.199. The van der Waals surface area contributed by atoms with Crippen LogP contribution in [0.4, 0.5) is 0 Å². The first-order chi connectivity index (χ1) is 10.2. The molecule has 108 valence electrons. The molecule has 0 radical (unpaired) electrons. The largest absolute Gasteiger partial charge is 0.485 e. The Kier molecular flexibility index (Phi) is 3.43. The lowest BCUT2D eigenvalue weighted by molar-refractivity contribution is 0.285. The molecule has 0 aliphatic rings. The maximum atomic E-state index is 11.4. The summed E-state index contributed by atoms with van der Waals surface area (Å²) in [5.74, 6) is 1.64. The first-order valence-electron chi connectivity index (χ1n) is 6.64. The van der Waals surface area contributed by atoms with E-state index in [2.05, 4.69) is 10.1 Å². The van der Waals surface area contributed by atoms with Crippen LogP contribution in [0.5, 0.6) is 5.75 Å². The van der Waals surface area contributed by atoms with Crippen LogP contribution in [0.3, 0.4) is 0 Å². The normalized spacial score (nSPS) is 11.0. The molecule has 2 aromatic heterocycles. The molecule has 0 atom stereocenters. The van der Waals surface area contributed by atoms with Crippen molar-refractivity contribution in [2.45, 2.75) is 26.9 Å². The van der Waals surface area contributed by atoms with Crippen molar-refractivity contribution in [3.05, 3.63) is 52.0 Å². The number of benzene rings is 1. The Balaban J connectivity index is 1.82. The number of nitrogens with zero attached hydrogens (tertiary/aromatic N) is 2.